The Morgan fingerprint density at radius 1 is 1.19 bits per heavy atom. The normalized spacial score (nSPS) is 14.5. The highest BCUT2D eigenvalue weighted by Crippen LogP contribution is 2.33. The fraction of sp³-hybridized carbons (Fsp3) is 0.348. The molecule has 0 saturated carbocycles. The van der Waals surface area contributed by atoms with E-state index in [2.05, 4.69) is 26.5 Å². The van der Waals surface area contributed by atoms with Crippen molar-refractivity contribution in [2.75, 3.05) is 37.5 Å². The molecule has 160 valence electrons. The second-order valence-electron chi connectivity index (χ2n) is 7.51. The molecule has 1 aliphatic heterocycles. The van der Waals surface area contributed by atoms with E-state index in [-0.39, 0.29) is 6.10 Å². The number of nitrogens with zero attached hydrogens (tertiary/aromatic N) is 4. The number of ether oxygens (including phenoxy) is 2. The predicted octanol–water partition coefficient (Wildman–Crippen LogP) is 4.39. The van der Waals surface area contributed by atoms with Crippen LogP contribution in [0.2, 0.25) is 5.02 Å². The summed E-state index contributed by atoms with van der Waals surface area (Å²) in [5.41, 5.74) is 2.59. The van der Waals surface area contributed by atoms with Gasteiger partial charge < -0.3 is 19.7 Å². The van der Waals surface area contributed by atoms with E-state index in [4.69, 9.17) is 21.1 Å². The Hall–Kier alpha value is -3.08. The van der Waals surface area contributed by atoms with Gasteiger partial charge in [-0.15, -0.1) is 5.10 Å². The van der Waals surface area contributed by atoms with Crippen molar-refractivity contribution in [2.24, 2.45) is 0 Å². The second-order valence-corrected chi connectivity index (χ2v) is 7.91. The number of nitriles is 1. The Balaban J connectivity index is 1.64. The van der Waals surface area contributed by atoms with Crippen molar-refractivity contribution < 1.29 is 9.47 Å². The molecule has 0 bridgehead atoms. The number of nitrogens with one attached hydrogen (secondary N) is 1. The number of methoxy groups -OCH3 is 2. The summed E-state index contributed by atoms with van der Waals surface area (Å²) in [5.74, 6) is 1.27. The number of rotatable bonds is 6. The standard InChI is InChI=1S/C23H24ClN5O2/c1-30-17-5-7-29(8-6-17)21-11-16(12-25)9-18-19(21)14-27-28-23(18)26-13-15-3-4-22(31-2)20(24)10-15/h3-4,9-11,14,17H,5-8,13H2,1-2H3,(H,26,28). The maximum Gasteiger partial charge on any atom is 0.156 e. The van der Waals surface area contributed by atoms with E-state index in [1.807, 2.05) is 30.3 Å². The summed E-state index contributed by atoms with van der Waals surface area (Å²) >= 11 is 6.24. The Morgan fingerprint density at radius 3 is 2.68 bits per heavy atom. The van der Waals surface area contributed by atoms with E-state index >= 15 is 0 Å². The third kappa shape index (κ3) is 4.50. The smallest absolute Gasteiger partial charge is 0.156 e. The van der Waals surface area contributed by atoms with Gasteiger partial charge >= 0.3 is 0 Å². The molecule has 2 heterocycles. The van der Waals surface area contributed by atoms with Crippen LogP contribution in [0.4, 0.5) is 11.5 Å². The third-order valence-corrected chi connectivity index (χ3v) is 5.97. The van der Waals surface area contributed by atoms with Crippen molar-refractivity contribution >= 4 is 33.9 Å². The fourth-order valence-electron chi connectivity index (χ4n) is 3.96. The van der Waals surface area contributed by atoms with E-state index in [9.17, 15) is 5.26 Å². The molecule has 1 fully saturated rings. The van der Waals surface area contributed by atoms with E-state index in [0.717, 1.165) is 48.0 Å². The minimum absolute atomic E-state index is 0.287. The number of piperidine rings is 1. The Morgan fingerprint density at radius 2 is 2.00 bits per heavy atom. The lowest BCUT2D eigenvalue weighted by atomic mass is 10.0. The average Bonchev–Trinajstić information content (AvgIpc) is 2.82. The Labute approximate surface area is 186 Å². The highest BCUT2D eigenvalue weighted by molar-refractivity contribution is 6.32. The Kier molecular flexibility index (Phi) is 6.40. The Bertz CT molecular complexity index is 1120. The molecule has 2 aromatic carbocycles. The molecule has 0 amide bonds. The highest BCUT2D eigenvalue weighted by Gasteiger charge is 2.22. The van der Waals surface area contributed by atoms with Crippen molar-refractivity contribution in [1.82, 2.24) is 10.2 Å². The van der Waals surface area contributed by atoms with Gasteiger partial charge in [0.1, 0.15) is 5.75 Å². The van der Waals surface area contributed by atoms with Crippen LogP contribution in [0.1, 0.15) is 24.0 Å². The van der Waals surface area contributed by atoms with Gasteiger partial charge in [0, 0.05) is 43.2 Å². The molecular weight excluding hydrogens is 414 g/mol. The van der Waals surface area contributed by atoms with Crippen molar-refractivity contribution in [3.8, 4) is 11.8 Å². The van der Waals surface area contributed by atoms with Gasteiger partial charge in [-0.25, -0.2) is 0 Å². The monoisotopic (exact) mass is 437 g/mol. The van der Waals surface area contributed by atoms with E-state index in [1.165, 1.54) is 0 Å². The minimum atomic E-state index is 0.287. The van der Waals surface area contributed by atoms with Crippen molar-refractivity contribution in [3.05, 3.63) is 52.7 Å². The number of halogens is 1. The van der Waals surface area contributed by atoms with Crippen LogP contribution in [0.15, 0.2) is 36.5 Å². The topological polar surface area (TPSA) is 83.3 Å². The third-order valence-electron chi connectivity index (χ3n) is 5.68. The van der Waals surface area contributed by atoms with Gasteiger partial charge in [0.15, 0.2) is 5.82 Å². The number of hydrogen-bond acceptors (Lipinski definition) is 7. The molecule has 1 aliphatic rings. The van der Waals surface area contributed by atoms with Crippen LogP contribution in [-0.2, 0) is 11.3 Å². The number of hydrogen-bond donors (Lipinski definition) is 1. The summed E-state index contributed by atoms with van der Waals surface area (Å²) in [4.78, 5) is 2.30. The van der Waals surface area contributed by atoms with Gasteiger partial charge in [0.25, 0.3) is 0 Å². The molecule has 1 aromatic heterocycles. The lowest BCUT2D eigenvalue weighted by molar-refractivity contribution is 0.0819. The van der Waals surface area contributed by atoms with Crippen LogP contribution in [0.5, 0.6) is 5.75 Å². The average molecular weight is 438 g/mol. The summed E-state index contributed by atoms with van der Waals surface area (Å²) in [7, 11) is 3.35. The van der Waals surface area contributed by atoms with Crippen LogP contribution >= 0.6 is 11.6 Å². The van der Waals surface area contributed by atoms with Crippen LogP contribution in [0.3, 0.4) is 0 Å². The lowest BCUT2D eigenvalue weighted by Gasteiger charge is -2.33. The molecule has 8 heteroatoms. The van der Waals surface area contributed by atoms with Gasteiger partial charge in [0.05, 0.1) is 36.1 Å². The SMILES string of the molecule is COc1ccc(CNc2nncc3c(N4CCC(OC)CC4)cc(C#N)cc23)cc1Cl. The van der Waals surface area contributed by atoms with Crippen molar-refractivity contribution in [3.63, 3.8) is 0 Å². The lowest BCUT2D eigenvalue weighted by Crippen LogP contribution is -2.36. The van der Waals surface area contributed by atoms with Gasteiger partial charge in [-0.1, -0.05) is 17.7 Å². The summed E-state index contributed by atoms with van der Waals surface area (Å²) in [5, 5.41) is 23.9. The van der Waals surface area contributed by atoms with Gasteiger partial charge in [-0.2, -0.15) is 10.4 Å². The first-order valence-corrected chi connectivity index (χ1v) is 10.5. The van der Waals surface area contributed by atoms with Gasteiger partial charge in [0.2, 0.25) is 0 Å². The summed E-state index contributed by atoms with van der Waals surface area (Å²) in [6.07, 6.45) is 3.96. The van der Waals surface area contributed by atoms with Gasteiger partial charge in [-0.3, -0.25) is 0 Å². The van der Waals surface area contributed by atoms with Crippen molar-refractivity contribution in [1.29, 1.82) is 5.26 Å². The molecule has 0 aliphatic carbocycles. The van der Waals surface area contributed by atoms with E-state index in [1.54, 1.807) is 20.4 Å². The number of fused-ring (bicyclic) bond motifs is 1. The molecule has 7 nitrogen and oxygen atoms in total. The quantitative estimate of drug-likeness (QED) is 0.612. The highest BCUT2D eigenvalue weighted by atomic mass is 35.5. The first kappa shape index (κ1) is 21.2. The molecule has 0 spiro atoms. The summed E-state index contributed by atoms with van der Waals surface area (Å²) < 4.78 is 10.7. The predicted molar refractivity (Wildman–Crippen MR) is 122 cm³/mol. The zero-order valence-electron chi connectivity index (χ0n) is 17.6. The largest absolute Gasteiger partial charge is 0.495 e. The molecule has 1 saturated heterocycles. The second kappa shape index (κ2) is 9.38. The molecule has 0 radical (unpaired) electrons. The zero-order valence-corrected chi connectivity index (χ0v) is 18.3. The zero-order chi connectivity index (χ0) is 21.8. The van der Waals surface area contributed by atoms with Gasteiger partial charge in [-0.05, 0) is 42.7 Å². The maximum absolute atomic E-state index is 9.61. The van der Waals surface area contributed by atoms with Crippen molar-refractivity contribution in [2.45, 2.75) is 25.5 Å². The maximum atomic E-state index is 9.61. The molecular formula is C23H24ClN5O2. The fourth-order valence-corrected chi connectivity index (χ4v) is 4.24. The molecule has 0 unspecified atom stereocenters. The van der Waals surface area contributed by atoms with Crippen LogP contribution in [0, 0.1) is 11.3 Å². The van der Waals surface area contributed by atoms with Crippen LogP contribution in [0.25, 0.3) is 10.8 Å². The molecule has 4 rings (SSSR count). The molecule has 0 atom stereocenters. The molecule has 3 aromatic rings. The summed E-state index contributed by atoms with van der Waals surface area (Å²) in [6, 6.07) is 11.7. The van der Waals surface area contributed by atoms with E-state index in [0.29, 0.717) is 28.7 Å². The minimum Gasteiger partial charge on any atom is -0.495 e. The summed E-state index contributed by atoms with van der Waals surface area (Å²) in [6.45, 7) is 2.26. The number of benzene rings is 2. The van der Waals surface area contributed by atoms with Crippen LogP contribution < -0.4 is 15.0 Å². The number of aromatic nitrogens is 2. The first-order valence-electron chi connectivity index (χ1n) is 10.2. The number of anilines is 2. The molecule has 31 heavy (non-hydrogen) atoms. The first-order chi connectivity index (χ1) is 15.1. The van der Waals surface area contributed by atoms with E-state index < -0.39 is 0 Å². The van der Waals surface area contributed by atoms with Crippen LogP contribution in [-0.4, -0.2) is 43.6 Å². The molecule has 1 N–H and O–H groups in total.